The molecule has 0 unspecified atom stereocenters. The number of nitrogens with one attached hydrogen (secondary N) is 1. The maximum atomic E-state index is 5.76. The SMILES string of the molecule is CCCOc1ccccc1/C=N\Nc1nncn1/N=C\c1ccccc1OCCC. The molecule has 0 fully saturated rings. The van der Waals surface area contributed by atoms with Gasteiger partial charge in [-0.1, -0.05) is 38.1 Å². The number of benzene rings is 2. The van der Waals surface area contributed by atoms with E-state index in [1.54, 1.807) is 12.4 Å². The van der Waals surface area contributed by atoms with E-state index in [-0.39, 0.29) is 0 Å². The first kappa shape index (κ1) is 21.0. The summed E-state index contributed by atoms with van der Waals surface area (Å²) >= 11 is 0. The number of anilines is 1. The number of hydrazone groups is 1. The van der Waals surface area contributed by atoms with E-state index in [2.05, 4.69) is 39.7 Å². The van der Waals surface area contributed by atoms with E-state index in [1.807, 2.05) is 48.5 Å². The van der Waals surface area contributed by atoms with Gasteiger partial charge in [0.05, 0.1) is 25.6 Å². The van der Waals surface area contributed by atoms with E-state index < -0.39 is 0 Å². The third kappa shape index (κ3) is 5.91. The second-order valence-corrected chi connectivity index (χ2v) is 6.39. The van der Waals surface area contributed by atoms with Crippen LogP contribution in [0.25, 0.3) is 0 Å². The van der Waals surface area contributed by atoms with Crippen molar-refractivity contribution in [2.45, 2.75) is 26.7 Å². The molecule has 0 aliphatic heterocycles. The minimum atomic E-state index is 0.390. The number of nitrogens with zero attached hydrogens (tertiary/aromatic N) is 5. The summed E-state index contributed by atoms with van der Waals surface area (Å²) in [4.78, 5) is 0. The van der Waals surface area contributed by atoms with Gasteiger partial charge in [0.25, 0.3) is 5.95 Å². The van der Waals surface area contributed by atoms with E-state index >= 15 is 0 Å². The molecule has 0 saturated heterocycles. The van der Waals surface area contributed by atoms with Crippen molar-refractivity contribution in [3.63, 3.8) is 0 Å². The van der Waals surface area contributed by atoms with Gasteiger partial charge >= 0.3 is 0 Å². The fraction of sp³-hybridized carbons (Fsp3) is 0.273. The van der Waals surface area contributed by atoms with Crippen molar-refractivity contribution in [1.29, 1.82) is 0 Å². The van der Waals surface area contributed by atoms with Crippen LogP contribution in [0.2, 0.25) is 0 Å². The Morgan fingerprint density at radius 2 is 1.50 bits per heavy atom. The molecule has 3 aromatic rings. The predicted octanol–water partition coefficient (Wildman–Crippen LogP) is 4.18. The third-order valence-corrected chi connectivity index (χ3v) is 3.98. The van der Waals surface area contributed by atoms with Gasteiger partial charge in [-0.15, -0.1) is 10.2 Å². The smallest absolute Gasteiger partial charge is 0.265 e. The van der Waals surface area contributed by atoms with E-state index in [0.29, 0.717) is 19.2 Å². The fourth-order valence-corrected chi connectivity index (χ4v) is 2.53. The molecule has 0 bridgehead atoms. The first-order valence-corrected chi connectivity index (χ1v) is 9.99. The van der Waals surface area contributed by atoms with Crippen molar-refractivity contribution in [1.82, 2.24) is 14.9 Å². The van der Waals surface area contributed by atoms with Crippen LogP contribution in [0, 0.1) is 0 Å². The summed E-state index contributed by atoms with van der Waals surface area (Å²) in [6, 6.07) is 15.5. The molecule has 3 rings (SSSR count). The van der Waals surface area contributed by atoms with E-state index in [9.17, 15) is 0 Å². The van der Waals surface area contributed by atoms with E-state index in [0.717, 1.165) is 35.5 Å². The van der Waals surface area contributed by atoms with Crippen LogP contribution >= 0.6 is 0 Å². The number of hydrogen-bond donors (Lipinski definition) is 1. The lowest BCUT2D eigenvalue weighted by molar-refractivity contribution is 0.317. The number of rotatable bonds is 11. The normalized spacial score (nSPS) is 11.3. The lowest BCUT2D eigenvalue weighted by Gasteiger charge is -2.07. The summed E-state index contributed by atoms with van der Waals surface area (Å²) in [5, 5.41) is 16.6. The van der Waals surface area contributed by atoms with Crippen molar-refractivity contribution in [2.24, 2.45) is 10.2 Å². The Kier molecular flexibility index (Phi) is 7.96. The Labute approximate surface area is 176 Å². The quantitative estimate of drug-likeness (QED) is 0.381. The molecule has 0 spiro atoms. The highest BCUT2D eigenvalue weighted by Gasteiger charge is 2.04. The topological polar surface area (TPSA) is 85.9 Å². The summed E-state index contributed by atoms with van der Waals surface area (Å²) in [6.45, 7) is 5.45. The fourth-order valence-electron chi connectivity index (χ4n) is 2.53. The van der Waals surface area contributed by atoms with Gasteiger partial charge in [0.15, 0.2) is 0 Å². The molecule has 2 aromatic carbocycles. The van der Waals surface area contributed by atoms with Crippen molar-refractivity contribution in [2.75, 3.05) is 18.6 Å². The van der Waals surface area contributed by atoms with E-state index in [1.165, 1.54) is 11.0 Å². The number of hydrogen-bond acceptors (Lipinski definition) is 7. The molecule has 1 aromatic heterocycles. The molecule has 8 nitrogen and oxygen atoms in total. The molecule has 8 heteroatoms. The standard InChI is InChI=1S/C22H26N6O2/c1-3-13-29-20-11-7-5-9-18(20)15-23-26-22-27-24-17-28(22)25-16-19-10-6-8-12-21(19)30-14-4-2/h5-12,15-17H,3-4,13-14H2,1-2H3,(H,26,27)/b23-15-,25-16-. The molecule has 1 N–H and O–H groups in total. The molecule has 1 heterocycles. The molecule has 30 heavy (non-hydrogen) atoms. The summed E-state index contributed by atoms with van der Waals surface area (Å²) < 4.78 is 13.0. The highest BCUT2D eigenvalue weighted by atomic mass is 16.5. The van der Waals surface area contributed by atoms with Crippen molar-refractivity contribution < 1.29 is 9.47 Å². The zero-order chi connectivity index (χ0) is 21.0. The van der Waals surface area contributed by atoms with Gasteiger partial charge in [0.2, 0.25) is 0 Å². The number of ether oxygens (including phenoxy) is 2. The first-order chi connectivity index (χ1) is 14.8. The Balaban J connectivity index is 1.68. The molecule has 0 aliphatic rings. The number of para-hydroxylation sites is 2. The highest BCUT2D eigenvalue weighted by Crippen LogP contribution is 2.17. The summed E-state index contributed by atoms with van der Waals surface area (Å²) in [5.74, 6) is 1.96. The van der Waals surface area contributed by atoms with Crippen LogP contribution in [0.3, 0.4) is 0 Å². The van der Waals surface area contributed by atoms with Gasteiger partial charge in [-0.05, 0) is 37.1 Å². The summed E-state index contributed by atoms with van der Waals surface area (Å²) in [7, 11) is 0. The minimum Gasteiger partial charge on any atom is -0.493 e. The second-order valence-electron chi connectivity index (χ2n) is 6.39. The van der Waals surface area contributed by atoms with Crippen molar-refractivity contribution in [3.8, 4) is 11.5 Å². The average molecular weight is 406 g/mol. The maximum absolute atomic E-state index is 5.76. The van der Waals surface area contributed by atoms with Crippen LogP contribution in [-0.4, -0.2) is 40.5 Å². The number of aromatic nitrogens is 3. The molecule has 0 aliphatic carbocycles. The molecule has 0 atom stereocenters. The van der Waals surface area contributed by atoms with Gasteiger partial charge in [-0.25, -0.2) is 5.43 Å². The monoisotopic (exact) mass is 406 g/mol. The van der Waals surface area contributed by atoms with Gasteiger partial charge < -0.3 is 9.47 Å². The van der Waals surface area contributed by atoms with Gasteiger partial charge in [-0.2, -0.15) is 14.9 Å². The first-order valence-electron chi connectivity index (χ1n) is 9.99. The third-order valence-electron chi connectivity index (χ3n) is 3.98. The molecular weight excluding hydrogens is 380 g/mol. The lowest BCUT2D eigenvalue weighted by atomic mass is 10.2. The van der Waals surface area contributed by atoms with Crippen LogP contribution in [0.1, 0.15) is 37.8 Å². The molecule has 156 valence electrons. The average Bonchev–Trinajstić information content (AvgIpc) is 3.23. The molecule has 0 radical (unpaired) electrons. The highest BCUT2D eigenvalue weighted by molar-refractivity contribution is 5.84. The largest absolute Gasteiger partial charge is 0.493 e. The van der Waals surface area contributed by atoms with Crippen LogP contribution in [0.4, 0.5) is 5.95 Å². The van der Waals surface area contributed by atoms with Gasteiger partial charge in [-0.3, -0.25) is 0 Å². The Bertz CT molecular complexity index is 983. The van der Waals surface area contributed by atoms with Crippen LogP contribution in [-0.2, 0) is 0 Å². The van der Waals surface area contributed by atoms with E-state index in [4.69, 9.17) is 9.47 Å². The lowest BCUT2D eigenvalue weighted by Crippen LogP contribution is -2.02. The minimum absolute atomic E-state index is 0.390. The van der Waals surface area contributed by atoms with Gasteiger partial charge in [0, 0.05) is 11.1 Å². The summed E-state index contributed by atoms with van der Waals surface area (Å²) in [5.41, 5.74) is 4.61. The van der Waals surface area contributed by atoms with Gasteiger partial charge in [0.1, 0.15) is 17.8 Å². The van der Waals surface area contributed by atoms with Crippen LogP contribution < -0.4 is 14.9 Å². The zero-order valence-electron chi connectivity index (χ0n) is 17.2. The zero-order valence-corrected chi connectivity index (χ0v) is 17.2. The van der Waals surface area contributed by atoms with Crippen LogP contribution in [0.5, 0.6) is 11.5 Å². The molecule has 0 amide bonds. The maximum Gasteiger partial charge on any atom is 0.265 e. The van der Waals surface area contributed by atoms with Crippen LogP contribution in [0.15, 0.2) is 65.1 Å². The Morgan fingerprint density at radius 3 is 2.13 bits per heavy atom. The molecular formula is C22H26N6O2. The second kappa shape index (κ2) is 11.4. The molecule has 0 saturated carbocycles. The summed E-state index contributed by atoms with van der Waals surface area (Å²) in [6.07, 6.45) is 6.77. The van der Waals surface area contributed by atoms with Crippen molar-refractivity contribution in [3.05, 3.63) is 66.0 Å². The Hall–Kier alpha value is -3.68. The predicted molar refractivity (Wildman–Crippen MR) is 119 cm³/mol. The Morgan fingerprint density at radius 1 is 0.900 bits per heavy atom. The van der Waals surface area contributed by atoms with Crippen molar-refractivity contribution >= 4 is 18.4 Å².